The number of nitriles is 1. The summed E-state index contributed by atoms with van der Waals surface area (Å²) in [5.74, 6) is -1.66. The van der Waals surface area contributed by atoms with Gasteiger partial charge < -0.3 is 10.4 Å². The van der Waals surface area contributed by atoms with E-state index in [2.05, 4.69) is 15.5 Å². The van der Waals surface area contributed by atoms with Crippen molar-refractivity contribution in [2.45, 2.75) is 0 Å². The molecule has 0 saturated heterocycles. The number of H-pyrrole nitrogens is 1. The van der Waals surface area contributed by atoms with Gasteiger partial charge in [-0.3, -0.25) is 9.89 Å². The Hall–Kier alpha value is -2.88. The first-order valence-corrected chi connectivity index (χ1v) is 4.85. The number of anilines is 1. The third-order valence-corrected chi connectivity index (χ3v) is 2.20. The molecule has 0 saturated carbocycles. The number of aromatic amines is 1. The van der Waals surface area contributed by atoms with Crippen molar-refractivity contribution >= 4 is 11.7 Å². The van der Waals surface area contributed by atoms with Crippen LogP contribution in [0, 0.1) is 17.1 Å². The number of carbonyl (C=O) groups is 1. The Labute approximate surface area is 101 Å². The van der Waals surface area contributed by atoms with Crippen LogP contribution in [0.5, 0.6) is 5.75 Å². The minimum atomic E-state index is -0.743. The fraction of sp³-hybridized carbons (Fsp3) is 0. The zero-order valence-corrected chi connectivity index (χ0v) is 8.94. The molecule has 0 aliphatic heterocycles. The predicted octanol–water partition coefficient (Wildman–Crippen LogP) is 1.38. The number of nitrogens with zero attached hydrogens (tertiary/aromatic N) is 2. The number of phenols is 1. The maximum atomic E-state index is 13.0. The number of benzene rings is 1. The number of nitrogens with one attached hydrogen (secondary N) is 2. The lowest BCUT2D eigenvalue weighted by Gasteiger charge is -2.05. The zero-order valence-electron chi connectivity index (χ0n) is 8.94. The SMILES string of the molecule is N#Cc1cn[nH]c1NC(=O)c1cc(F)ccc1O. The molecule has 1 amide bonds. The van der Waals surface area contributed by atoms with E-state index in [0.29, 0.717) is 0 Å². The van der Waals surface area contributed by atoms with E-state index >= 15 is 0 Å². The monoisotopic (exact) mass is 246 g/mol. The van der Waals surface area contributed by atoms with Gasteiger partial charge in [0.2, 0.25) is 0 Å². The van der Waals surface area contributed by atoms with Crippen LogP contribution in [0.1, 0.15) is 15.9 Å². The average molecular weight is 246 g/mol. The molecule has 0 unspecified atom stereocenters. The number of hydrogen-bond donors (Lipinski definition) is 3. The van der Waals surface area contributed by atoms with E-state index in [9.17, 15) is 14.3 Å². The second-order valence-electron chi connectivity index (χ2n) is 3.39. The average Bonchev–Trinajstić information content (AvgIpc) is 2.79. The van der Waals surface area contributed by atoms with Crippen molar-refractivity contribution in [1.29, 1.82) is 5.26 Å². The molecular weight excluding hydrogens is 239 g/mol. The van der Waals surface area contributed by atoms with Gasteiger partial charge in [-0.15, -0.1) is 0 Å². The number of aromatic hydroxyl groups is 1. The molecule has 2 rings (SSSR count). The second-order valence-corrected chi connectivity index (χ2v) is 3.39. The number of aromatic nitrogens is 2. The first kappa shape index (κ1) is 11.6. The van der Waals surface area contributed by atoms with Gasteiger partial charge in [0.25, 0.3) is 5.91 Å². The van der Waals surface area contributed by atoms with Gasteiger partial charge in [0.05, 0.1) is 11.8 Å². The van der Waals surface area contributed by atoms with Crippen LogP contribution < -0.4 is 5.32 Å². The van der Waals surface area contributed by atoms with Gasteiger partial charge in [0.15, 0.2) is 0 Å². The molecule has 18 heavy (non-hydrogen) atoms. The molecule has 0 spiro atoms. The van der Waals surface area contributed by atoms with Crippen LogP contribution in [0.15, 0.2) is 24.4 Å². The Bertz CT molecular complexity index is 645. The normalized spacial score (nSPS) is 9.78. The van der Waals surface area contributed by atoms with Gasteiger partial charge in [0.1, 0.15) is 29.0 Å². The van der Waals surface area contributed by atoms with E-state index in [1.807, 2.05) is 6.07 Å². The summed E-state index contributed by atoms with van der Waals surface area (Å²) in [7, 11) is 0. The second kappa shape index (κ2) is 4.55. The Morgan fingerprint density at radius 3 is 3.06 bits per heavy atom. The highest BCUT2D eigenvalue weighted by Crippen LogP contribution is 2.19. The van der Waals surface area contributed by atoms with Gasteiger partial charge in [0, 0.05) is 0 Å². The van der Waals surface area contributed by atoms with Crippen LogP contribution in [0.25, 0.3) is 0 Å². The molecule has 1 aromatic heterocycles. The number of halogens is 1. The number of hydrogen-bond acceptors (Lipinski definition) is 4. The van der Waals surface area contributed by atoms with Crippen molar-refractivity contribution in [3.63, 3.8) is 0 Å². The predicted molar refractivity (Wildman–Crippen MR) is 59.3 cm³/mol. The summed E-state index contributed by atoms with van der Waals surface area (Å²) in [4.78, 5) is 11.8. The summed E-state index contributed by atoms with van der Waals surface area (Å²) in [6, 6.07) is 4.81. The third-order valence-electron chi connectivity index (χ3n) is 2.20. The number of rotatable bonds is 2. The molecule has 0 bridgehead atoms. The Balaban J connectivity index is 2.28. The summed E-state index contributed by atoms with van der Waals surface area (Å²) >= 11 is 0. The topological polar surface area (TPSA) is 102 Å². The molecule has 3 N–H and O–H groups in total. The molecule has 6 nitrogen and oxygen atoms in total. The standard InChI is InChI=1S/C11H7FN4O2/c12-7-1-2-9(17)8(3-7)11(18)15-10-6(4-13)5-14-16-10/h1-3,5,17H,(H2,14,15,16,18). The van der Waals surface area contributed by atoms with E-state index in [-0.39, 0.29) is 22.7 Å². The lowest BCUT2D eigenvalue weighted by atomic mass is 10.2. The van der Waals surface area contributed by atoms with Crippen molar-refractivity contribution in [3.8, 4) is 11.8 Å². The Morgan fingerprint density at radius 2 is 2.33 bits per heavy atom. The third kappa shape index (κ3) is 2.12. The lowest BCUT2D eigenvalue weighted by Crippen LogP contribution is -2.13. The minimum Gasteiger partial charge on any atom is -0.507 e. The fourth-order valence-corrected chi connectivity index (χ4v) is 1.34. The van der Waals surface area contributed by atoms with Crippen LogP contribution in [0.4, 0.5) is 10.2 Å². The van der Waals surface area contributed by atoms with Crippen LogP contribution in [-0.2, 0) is 0 Å². The van der Waals surface area contributed by atoms with Crippen molar-refractivity contribution in [2.75, 3.05) is 5.32 Å². The van der Waals surface area contributed by atoms with Gasteiger partial charge >= 0.3 is 0 Å². The molecule has 0 aliphatic rings. The molecule has 1 heterocycles. The van der Waals surface area contributed by atoms with Crippen LogP contribution in [0.3, 0.4) is 0 Å². The maximum Gasteiger partial charge on any atom is 0.260 e. The highest BCUT2D eigenvalue weighted by Gasteiger charge is 2.15. The summed E-state index contributed by atoms with van der Waals surface area (Å²) in [6.45, 7) is 0. The van der Waals surface area contributed by atoms with Gasteiger partial charge in [-0.25, -0.2) is 4.39 Å². The number of carbonyl (C=O) groups excluding carboxylic acids is 1. The maximum absolute atomic E-state index is 13.0. The van der Waals surface area contributed by atoms with Crippen LogP contribution >= 0.6 is 0 Å². The molecule has 90 valence electrons. The van der Waals surface area contributed by atoms with Gasteiger partial charge in [-0.05, 0) is 18.2 Å². The van der Waals surface area contributed by atoms with E-state index in [4.69, 9.17) is 5.26 Å². The van der Waals surface area contributed by atoms with Crippen molar-refractivity contribution in [3.05, 3.63) is 41.3 Å². The quantitative estimate of drug-likeness (QED) is 0.744. The minimum absolute atomic E-state index is 0.0890. The smallest absolute Gasteiger partial charge is 0.260 e. The highest BCUT2D eigenvalue weighted by atomic mass is 19.1. The first-order valence-electron chi connectivity index (χ1n) is 4.85. The lowest BCUT2D eigenvalue weighted by molar-refractivity contribution is 0.102. The van der Waals surface area contributed by atoms with Gasteiger partial charge in [-0.1, -0.05) is 0 Å². The zero-order chi connectivity index (χ0) is 13.1. The molecule has 0 fully saturated rings. The van der Waals surface area contributed by atoms with Crippen LogP contribution in [-0.4, -0.2) is 21.2 Å². The molecule has 7 heteroatoms. The van der Waals surface area contributed by atoms with Crippen molar-refractivity contribution in [1.82, 2.24) is 10.2 Å². The highest BCUT2D eigenvalue weighted by molar-refractivity contribution is 6.06. The Morgan fingerprint density at radius 1 is 1.56 bits per heavy atom. The van der Waals surface area contributed by atoms with Crippen molar-refractivity contribution in [2.24, 2.45) is 0 Å². The van der Waals surface area contributed by atoms with E-state index in [0.717, 1.165) is 18.2 Å². The largest absolute Gasteiger partial charge is 0.507 e. The van der Waals surface area contributed by atoms with E-state index < -0.39 is 11.7 Å². The molecule has 1 aromatic carbocycles. The molecule has 2 aromatic rings. The molecular formula is C11H7FN4O2. The van der Waals surface area contributed by atoms with E-state index in [1.165, 1.54) is 6.20 Å². The first-order chi connectivity index (χ1) is 8.61. The Kier molecular flexibility index (Phi) is 2.93. The fourth-order valence-electron chi connectivity index (χ4n) is 1.34. The summed E-state index contributed by atoms with van der Waals surface area (Å²) in [6.07, 6.45) is 1.24. The summed E-state index contributed by atoms with van der Waals surface area (Å²) in [5, 5.41) is 26.5. The van der Waals surface area contributed by atoms with E-state index in [1.54, 1.807) is 0 Å². The molecule has 0 radical (unpaired) electrons. The number of phenolic OH excluding ortho intramolecular Hbond substituents is 1. The summed E-state index contributed by atoms with van der Waals surface area (Å²) < 4.78 is 13.0. The number of amides is 1. The van der Waals surface area contributed by atoms with Crippen LogP contribution in [0.2, 0.25) is 0 Å². The van der Waals surface area contributed by atoms with Crippen molar-refractivity contribution < 1.29 is 14.3 Å². The molecule has 0 aliphatic carbocycles. The van der Waals surface area contributed by atoms with Gasteiger partial charge in [-0.2, -0.15) is 10.4 Å². The summed E-state index contributed by atoms with van der Waals surface area (Å²) in [5.41, 5.74) is -0.0901. The molecule has 0 atom stereocenters.